The minimum absolute atomic E-state index is 0.295. The monoisotopic (exact) mass is 191 g/mol. The molecule has 0 unspecified atom stereocenters. The van der Waals surface area contributed by atoms with Gasteiger partial charge in [-0.15, -0.1) is 0 Å². The Morgan fingerprint density at radius 1 is 1.43 bits per heavy atom. The summed E-state index contributed by atoms with van der Waals surface area (Å²) in [4.78, 5) is 0. The summed E-state index contributed by atoms with van der Waals surface area (Å²) in [6.07, 6.45) is 2.44. The Morgan fingerprint density at radius 2 is 2.21 bits per heavy atom. The molecule has 0 amide bonds. The van der Waals surface area contributed by atoms with Crippen molar-refractivity contribution in [3.05, 3.63) is 29.8 Å². The second kappa shape index (κ2) is 3.62. The molecule has 2 nitrogen and oxygen atoms in total. The molecule has 0 atom stereocenters. The van der Waals surface area contributed by atoms with Gasteiger partial charge in [-0.1, -0.05) is 12.1 Å². The first kappa shape index (κ1) is 9.53. The average molecular weight is 191 g/mol. The lowest BCUT2D eigenvalue weighted by molar-refractivity contribution is 0.239. The molecule has 1 aromatic rings. The van der Waals surface area contributed by atoms with Gasteiger partial charge in [-0.2, -0.15) is 0 Å². The van der Waals surface area contributed by atoms with Gasteiger partial charge in [0.15, 0.2) is 0 Å². The van der Waals surface area contributed by atoms with E-state index in [-0.39, 0.29) is 0 Å². The SMILES string of the molecule is Cc1cccc(OCC2(CN)CC2)c1. The molecule has 1 aliphatic carbocycles. The zero-order chi connectivity index (χ0) is 10.0. The smallest absolute Gasteiger partial charge is 0.119 e. The predicted molar refractivity (Wildman–Crippen MR) is 57.4 cm³/mol. The van der Waals surface area contributed by atoms with Crippen LogP contribution in [0.3, 0.4) is 0 Å². The lowest BCUT2D eigenvalue weighted by atomic mass is 10.1. The normalized spacial score (nSPS) is 17.9. The molecule has 1 aliphatic rings. The van der Waals surface area contributed by atoms with E-state index in [9.17, 15) is 0 Å². The van der Waals surface area contributed by atoms with E-state index in [4.69, 9.17) is 10.5 Å². The van der Waals surface area contributed by atoms with Gasteiger partial charge in [0.25, 0.3) is 0 Å². The van der Waals surface area contributed by atoms with E-state index in [2.05, 4.69) is 19.1 Å². The van der Waals surface area contributed by atoms with Crippen LogP contribution >= 0.6 is 0 Å². The Labute approximate surface area is 85.1 Å². The number of hydrogen-bond acceptors (Lipinski definition) is 2. The molecule has 0 spiro atoms. The summed E-state index contributed by atoms with van der Waals surface area (Å²) in [5, 5.41) is 0. The molecule has 0 radical (unpaired) electrons. The standard InChI is InChI=1S/C12H17NO/c1-10-3-2-4-11(7-10)14-9-12(8-13)5-6-12/h2-4,7H,5-6,8-9,13H2,1H3. The van der Waals surface area contributed by atoms with E-state index in [0.29, 0.717) is 5.41 Å². The number of aryl methyl sites for hydroxylation is 1. The fourth-order valence-corrected chi connectivity index (χ4v) is 1.53. The maximum atomic E-state index is 5.72. The first-order valence-corrected chi connectivity index (χ1v) is 5.14. The van der Waals surface area contributed by atoms with Gasteiger partial charge in [0, 0.05) is 12.0 Å². The molecule has 0 aliphatic heterocycles. The van der Waals surface area contributed by atoms with Gasteiger partial charge in [-0.25, -0.2) is 0 Å². The summed E-state index contributed by atoms with van der Waals surface area (Å²) >= 11 is 0. The molecule has 76 valence electrons. The van der Waals surface area contributed by atoms with Crippen molar-refractivity contribution < 1.29 is 4.74 Å². The lowest BCUT2D eigenvalue weighted by Crippen LogP contribution is -2.22. The molecule has 14 heavy (non-hydrogen) atoms. The van der Waals surface area contributed by atoms with Crippen LogP contribution < -0.4 is 10.5 Å². The molecule has 2 heteroatoms. The van der Waals surface area contributed by atoms with Gasteiger partial charge in [0.1, 0.15) is 5.75 Å². The summed E-state index contributed by atoms with van der Waals surface area (Å²) in [7, 11) is 0. The Bertz CT molecular complexity index is 318. The molecule has 1 saturated carbocycles. The highest BCUT2D eigenvalue weighted by Crippen LogP contribution is 2.44. The van der Waals surface area contributed by atoms with Crippen molar-refractivity contribution in [2.24, 2.45) is 11.1 Å². The lowest BCUT2D eigenvalue weighted by Gasteiger charge is -2.13. The topological polar surface area (TPSA) is 35.2 Å². The number of rotatable bonds is 4. The first-order valence-electron chi connectivity index (χ1n) is 5.14. The minimum atomic E-state index is 0.295. The van der Waals surface area contributed by atoms with Crippen LogP contribution in [0.4, 0.5) is 0 Å². The zero-order valence-corrected chi connectivity index (χ0v) is 8.62. The third-order valence-electron chi connectivity index (χ3n) is 2.92. The summed E-state index contributed by atoms with van der Waals surface area (Å²) in [6.45, 7) is 3.59. The van der Waals surface area contributed by atoms with Crippen molar-refractivity contribution in [2.45, 2.75) is 19.8 Å². The van der Waals surface area contributed by atoms with Crippen LogP contribution in [0.1, 0.15) is 18.4 Å². The van der Waals surface area contributed by atoms with Gasteiger partial charge < -0.3 is 10.5 Å². The highest BCUT2D eigenvalue weighted by molar-refractivity contribution is 5.27. The fraction of sp³-hybridized carbons (Fsp3) is 0.500. The van der Waals surface area contributed by atoms with E-state index >= 15 is 0 Å². The molecule has 2 rings (SSSR count). The molecule has 2 N–H and O–H groups in total. The van der Waals surface area contributed by atoms with Crippen LogP contribution in [0.5, 0.6) is 5.75 Å². The highest BCUT2D eigenvalue weighted by atomic mass is 16.5. The van der Waals surface area contributed by atoms with Crippen molar-refractivity contribution in [1.29, 1.82) is 0 Å². The molecule has 0 saturated heterocycles. The zero-order valence-electron chi connectivity index (χ0n) is 8.62. The average Bonchev–Trinajstić information content (AvgIpc) is 2.96. The number of hydrogen-bond donors (Lipinski definition) is 1. The predicted octanol–water partition coefficient (Wildman–Crippen LogP) is 2.11. The number of nitrogens with two attached hydrogens (primary N) is 1. The van der Waals surface area contributed by atoms with Gasteiger partial charge in [-0.3, -0.25) is 0 Å². The summed E-state index contributed by atoms with van der Waals surface area (Å²) < 4.78 is 5.72. The molecular weight excluding hydrogens is 174 g/mol. The molecule has 0 bridgehead atoms. The largest absolute Gasteiger partial charge is 0.493 e. The van der Waals surface area contributed by atoms with Gasteiger partial charge in [-0.05, 0) is 37.5 Å². The summed E-state index contributed by atoms with van der Waals surface area (Å²) in [5.41, 5.74) is 7.21. The van der Waals surface area contributed by atoms with E-state index < -0.39 is 0 Å². The van der Waals surface area contributed by atoms with Crippen LogP contribution in [0.2, 0.25) is 0 Å². The van der Waals surface area contributed by atoms with Crippen molar-refractivity contribution in [3.63, 3.8) is 0 Å². The van der Waals surface area contributed by atoms with Crippen molar-refractivity contribution in [3.8, 4) is 5.75 Å². The maximum Gasteiger partial charge on any atom is 0.119 e. The fourth-order valence-electron chi connectivity index (χ4n) is 1.53. The highest BCUT2D eigenvalue weighted by Gasteiger charge is 2.42. The minimum Gasteiger partial charge on any atom is -0.493 e. The van der Waals surface area contributed by atoms with Crippen molar-refractivity contribution >= 4 is 0 Å². The number of benzene rings is 1. The molecule has 1 aromatic carbocycles. The third-order valence-corrected chi connectivity index (χ3v) is 2.92. The maximum absolute atomic E-state index is 5.72. The van der Waals surface area contributed by atoms with Crippen LogP contribution in [-0.2, 0) is 0 Å². The Balaban J connectivity index is 1.92. The van der Waals surface area contributed by atoms with Crippen molar-refractivity contribution in [1.82, 2.24) is 0 Å². The quantitative estimate of drug-likeness (QED) is 0.791. The van der Waals surface area contributed by atoms with Crippen LogP contribution in [0, 0.1) is 12.3 Å². The van der Waals surface area contributed by atoms with E-state index in [1.54, 1.807) is 0 Å². The van der Waals surface area contributed by atoms with E-state index in [1.165, 1.54) is 18.4 Å². The Hall–Kier alpha value is -1.02. The second-order valence-electron chi connectivity index (χ2n) is 4.31. The third kappa shape index (κ3) is 2.07. The molecule has 0 heterocycles. The number of ether oxygens (including phenoxy) is 1. The van der Waals surface area contributed by atoms with Gasteiger partial charge in [0.2, 0.25) is 0 Å². The van der Waals surface area contributed by atoms with Crippen molar-refractivity contribution in [2.75, 3.05) is 13.2 Å². The van der Waals surface area contributed by atoms with Gasteiger partial charge >= 0.3 is 0 Å². The van der Waals surface area contributed by atoms with Crippen LogP contribution in [-0.4, -0.2) is 13.2 Å². The molecule has 0 aromatic heterocycles. The second-order valence-corrected chi connectivity index (χ2v) is 4.31. The Kier molecular flexibility index (Phi) is 2.46. The van der Waals surface area contributed by atoms with Crippen LogP contribution in [0.25, 0.3) is 0 Å². The Morgan fingerprint density at radius 3 is 2.79 bits per heavy atom. The summed E-state index contributed by atoms with van der Waals surface area (Å²) in [6, 6.07) is 8.15. The van der Waals surface area contributed by atoms with Gasteiger partial charge in [0.05, 0.1) is 6.61 Å². The van der Waals surface area contributed by atoms with E-state index in [0.717, 1.165) is 18.9 Å². The van der Waals surface area contributed by atoms with E-state index in [1.807, 2.05) is 12.1 Å². The molecule has 1 fully saturated rings. The van der Waals surface area contributed by atoms with Crippen LogP contribution in [0.15, 0.2) is 24.3 Å². The summed E-state index contributed by atoms with van der Waals surface area (Å²) in [5.74, 6) is 0.963. The molecular formula is C12H17NO. The first-order chi connectivity index (χ1) is 6.74.